The number of nitrogens with zero attached hydrogens (tertiary/aromatic N) is 2. The molecule has 1 amide bonds. The number of amides is 1. The van der Waals surface area contributed by atoms with Crippen molar-refractivity contribution in [3.8, 4) is 0 Å². The Labute approximate surface area is 153 Å². The predicted octanol–water partition coefficient (Wildman–Crippen LogP) is 4.94. The van der Waals surface area contributed by atoms with E-state index in [0.29, 0.717) is 34.3 Å². The number of oxazole rings is 1. The number of anilines is 1. The summed E-state index contributed by atoms with van der Waals surface area (Å²) in [7, 11) is 0. The first-order valence-corrected chi connectivity index (χ1v) is 8.66. The lowest BCUT2D eigenvalue weighted by atomic mass is 10.2. The Morgan fingerprint density at radius 1 is 1.30 bits per heavy atom. The lowest BCUT2D eigenvalue weighted by Gasteiger charge is -2.12. The van der Waals surface area contributed by atoms with Crippen LogP contribution in [0.5, 0.6) is 0 Å². The number of nitrogens with one attached hydrogen (secondary N) is 1. The number of carbonyl (C=O) groups excluding carboxylic acids is 1. The van der Waals surface area contributed by atoms with Crippen LogP contribution in [-0.2, 0) is 6.54 Å². The van der Waals surface area contributed by atoms with Crippen molar-refractivity contribution in [2.24, 2.45) is 0 Å². The van der Waals surface area contributed by atoms with Gasteiger partial charge < -0.3 is 14.3 Å². The highest BCUT2D eigenvalue weighted by Crippen LogP contribution is 2.40. The number of aryl methyl sites for hydroxylation is 1. The molecule has 0 radical (unpaired) electrons. The van der Waals surface area contributed by atoms with Gasteiger partial charge in [0.1, 0.15) is 12.1 Å². The first kappa shape index (κ1) is 17.6. The van der Waals surface area contributed by atoms with Crippen molar-refractivity contribution in [1.29, 1.82) is 0 Å². The standard InChI is InChI=1S/C19H18F3N3O2/c1-10-7-14(11(2)25(10)9-19(20,21)22)17(26)23-13-5-6-16-15(8-13)24-18(27-16)12-3-4-12/h5-8,12H,3-4,9H2,1-2H3,(H,23,26). The Balaban J connectivity index is 1.57. The quantitative estimate of drug-likeness (QED) is 0.701. The second-order valence-corrected chi connectivity index (χ2v) is 6.95. The summed E-state index contributed by atoms with van der Waals surface area (Å²) < 4.78 is 45.0. The average Bonchev–Trinajstić information content (AvgIpc) is 3.29. The molecule has 4 rings (SSSR count). The number of hydrogen-bond acceptors (Lipinski definition) is 3. The fourth-order valence-corrected chi connectivity index (χ4v) is 3.18. The zero-order chi connectivity index (χ0) is 19.3. The molecule has 1 aliphatic rings. The highest BCUT2D eigenvalue weighted by molar-refractivity contribution is 6.05. The maximum absolute atomic E-state index is 12.7. The van der Waals surface area contributed by atoms with E-state index in [2.05, 4.69) is 10.3 Å². The summed E-state index contributed by atoms with van der Waals surface area (Å²) >= 11 is 0. The largest absolute Gasteiger partial charge is 0.440 e. The average molecular weight is 377 g/mol. The van der Waals surface area contributed by atoms with Crippen molar-refractivity contribution >= 4 is 22.7 Å². The lowest BCUT2D eigenvalue weighted by molar-refractivity contribution is -0.141. The van der Waals surface area contributed by atoms with Crippen LogP contribution < -0.4 is 5.32 Å². The molecule has 0 bridgehead atoms. The normalized spacial score (nSPS) is 14.7. The number of fused-ring (bicyclic) bond motifs is 1. The topological polar surface area (TPSA) is 60.1 Å². The Bertz CT molecular complexity index is 1030. The monoisotopic (exact) mass is 377 g/mol. The lowest BCUT2D eigenvalue weighted by Crippen LogP contribution is -2.20. The summed E-state index contributed by atoms with van der Waals surface area (Å²) in [6.07, 6.45) is -2.20. The summed E-state index contributed by atoms with van der Waals surface area (Å²) in [6.45, 7) is 1.94. The van der Waals surface area contributed by atoms with Gasteiger partial charge >= 0.3 is 6.18 Å². The van der Waals surface area contributed by atoms with Crippen LogP contribution in [0.1, 0.15) is 46.4 Å². The molecule has 0 atom stereocenters. The molecule has 0 unspecified atom stereocenters. The van der Waals surface area contributed by atoms with Gasteiger partial charge in [-0.15, -0.1) is 0 Å². The van der Waals surface area contributed by atoms with Crippen molar-refractivity contribution in [2.45, 2.75) is 45.3 Å². The van der Waals surface area contributed by atoms with Crippen LogP contribution in [0.2, 0.25) is 0 Å². The molecule has 1 fully saturated rings. The highest BCUT2D eigenvalue weighted by Gasteiger charge is 2.31. The molecular formula is C19H18F3N3O2. The van der Waals surface area contributed by atoms with Gasteiger partial charge in [-0.05, 0) is 51.0 Å². The van der Waals surface area contributed by atoms with Gasteiger partial charge in [0.15, 0.2) is 11.5 Å². The molecule has 142 valence electrons. The molecule has 8 heteroatoms. The van der Waals surface area contributed by atoms with Crippen LogP contribution in [0, 0.1) is 13.8 Å². The van der Waals surface area contributed by atoms with E-state index in [0.717, 1.165) is 17.4 Å². The minimum absolute atomic E-state index is 0.218. The van der Waals surface area contributed by atoms with Crippen LogP contribution >= 0.6 is 0 Å². The zero-order valence-corrected chi connectivity index (χ0v) is 14.9. The smallest absolute Gasteiger partial charge is 0.406 e. The number of benzene rings is 1. The molecular weight excluding hydrogens is 359 g/mol. The minimum Gasteiger partial charge on any atom is -0.440 e. The van der Waals surface area contributed by atoms with Gasteiger partial charge in [-0.3, -0.25) is 4.79 Å². The minimum atomic E-state index is -4.35. The summed E-state index contributed by atoms with van der Waals surface area (Å²) in [5.41, 5.74) is 2.70. The molecule has 1 N–H and O–H groups in total. The van der Waals surface area contributed by atoms with Crippen molar-refractivity contribution in [2.75, 3.05) is 5.32 Å². The number of alkyl halides is 3. The molecule has 3 aromatic rings. The Kier molecular flexibility index (Phi) is 4.01. The van der Waals surface area contributed by atoms with E-state index in [-0.39, 0.29) is 11.3 Å². The van der Waals surface area contributed by atoms with Crippen LogP contribution in [-0.4, -0.2) is 21.6 Å². The number of carbonyl (C=O) groups is 1. The molecule has 1 aromatic carbocycles. The Hall–Kier alpha value is -2.77. The Morgan fingerprint density at radius 2 is 2.04 bits per heavy atom. The SMILES string of the molecule is Cc1cc(C(=O)Nc2ccc3oc(C4CC4)nc3c2)c(C)n1CC(F)(F)F. The molecule has 27 heavy (non-hydrogen) atoms. The maximum atomic E-state index is 12.7. The third-order valence-electron chi connectivity index (χ3n) is 4.74. The van der Waals surface area contributed by atoms with Gasteiger partial charge in [0.2, 0.25) is 0 Å². The van der Waals surface area contributed by atoms with E-state index < -0.39 is 18.6 Å². The summed E-state index contributed by atoms with van der Waals surface area (Å²) in [4.78, 5) is 17.0. The molecule has 0 saturated heterocycles. The molecule has 0 aliphatic heterocycles. The second kappa shape index (κ2) is 6.14. The van der Waals surface area contributed by atoms with Crippen LogP contribution in [0.15, 0.2) is 28.7 Å². The number of halogens is 3. The predicted molar refractivity (Wildman–Crippen MR) is 93.9 cm³/mol. The fourth-order valence-electron chi connectivity index (χ4n) is 3.18. The van der Waals surface area contributed by atoms with Crippen molar-refractivity contribution in [3.63, 3.8) is 0 Å². The third kappa shape index (κ3) is 3.56. The van der Waals surface area contributed by atoms with E-state index in [1.165, 1.54) is 13.0 Å². The molecule has 2 heterocycles. The molecule has 0 spiro atoms. The van der Waals surface area contributed by atoms with Crippen molar-refractivity contribution < 1.29 is 22.4 Å². The first-order valence-electron chi connectivity index (χ1n) is 8.66. The van der Waals surface area contributed by atoms with E-state index in [9.17, 15) is 18.0 Å². The zero-order valence-electron chi connectivity index (χ0n) is 14.9. The van der Waals surface area contributed by atoms with Gasteiger partial charge in [0, 0.05) is 23.0 Å². The number of hydrogen-bond donors (Lipinski definition) is 1. The van der Waals surface area contributed by atoms with Gasteiger partial charge in [-0.2, -0.15) is 13.2 Å². The van der Waals surface area contributed by atoms with Crippen LogP contribution in [0.25, 0.3) is 11.1 Å². The van der Waals surface area contributed by atoms with Crippen molar-refractivity contribution in [1.82, 2.24) is 9.55 Å². The second-order valence-electron chi connectivity index (χ2n) is 6.95. The van der Waals surface area contributed by atoms with Crippen molar-refractivity contribution in [3.05, 3.63) is 47.1 Å². The summed E-state index contributed by atoms with van der Waals surface area (Å²) in [6, 6.07) is 6.60. The van der Waals surface area contributed by atoms with E-state index in [4.69, 9.17) is 4.42 Å². The van der Waals surface area contributed by atoms with Gasteiger partial charge in [0.25, 0.3) is 5.91 Å². The molecule has 5 nitrogen and oxygen atoms in total. The summed E-state index contributed by atoms with van der Waals surface area (Å²) in [5.74, 6) is 0.639. The van der Waals surface area contributed by atoms with Crippen LogP contribution in [0.4, 0.5) is 18.9 Å². The highest BCUT2D eigenvalue weighted by atomic mass is 19.4. The van der Waals surface area contributed by atoms with E-state index >= 15 is 0 Å². The number of aromatic nitrogens is 2. The van der Waals surface area contributed by atoms with Crippen LogP contribution in [0.3, 0.4) is 0 Å². The summed E-state index contributed by atoms with van der Waals surface area (Å²) in [5, 5.41) is 2.73. The molecule has 2 aromatic heterocycles. The fraction of sp³-hybridized carbons (Fsp3) is 0.368. The first-order chi connectivity index (χ1) is 12.7. The van der Waals surface area contributed by atoms with E-state index in [1.807, 2.05) is 0 Å². The van der Waals surface area contributed by atoms with Gasteiger partial charge in [-0.1, -0.05) is 0 Å². The van der Waals surface area contributed by atoms with Gasteiger partial charge in [0.05, 0.1) is 5.56 Å². The van der Waals surface area contributed by atoms with E-state index in [1.54, 1.807) is 25.1 Å². The third-order valence-corrected chi connectivity index (χ3v) is 4.74. The molecule has 1 aliphatic carbocycles. The van der Waals surface area contributed by atoms with Gasteiger partial charge in [-0.25, -0.2) is 4.98 Å². The number of rotatable bonds is 4. The maximum Gasteiger partial charge on any atom is 0.406 e. The molecule has 1 saturated carbocycles. The Morgan fingerprint density at radius 3 is 2.70 bits per heavy atom.